The first-order valence-corrected chi connectivity index (χ1v) is 7.06. The predicted octanol–water partition coefficient (Wildman–Crippen LogP) is 2.99. The summed E-state index contributed by atoms with van der Waals surface area (Å²) in [7, 11) is 0. The number of carboxylic acid groups (broad SMARTS) is 1. The van der Waals surface area contributed by atoms with Crippen LogP contribution in [0, 0.1) is 6.92 Å². The van der Waals surface area contributed by atoms with Crippen LogP contribution in [0.2, 0.25) is 5.15 Å². The zero-order valence-corrected chi connectivity index (χ0v) is 12.7. The molecule has 114 valence electrons. The van der Waals surface area contributed by atoms with Crippen molar-refractivity contribution in [3.05, 3.63) is 64.4 Å². The van der Waals surface area contributed by atoms with Crippen molar-refractivity contribution in [2.45, 2.75) is 19.4 Å². The van der Waals surface area contributed by atoms with Gasteiger partial charge >= 0.3 is 5.97 Å². The van der Waals surface area contributed by atoms with Crippen LogP contribution in [0.5, 0.6) is 0 Å². The second kappa shape index (κ2) is 7.04. The number of hydrogen-bond acceptors (Lipinski definition) is 3. The van der Waals surface area contributed by atoms with Gasteiger partial charge in [0.1, 0.15) is 10.8 Å². The van der Waals surface area contributed by atoms with Gasteiger partial charge in [-0.25, -0.2) is 4.98 Å². The van der Waals surface area contributed by atoms with Crippen molar-refractivity contribution in [1.29, 1.82) is 0 Å². The van der Waals surface area contributed by atoms with E-state index in [4.69, 9.17) is 16.7 Å². The zero-order valence-electron chi connectivity index (χ0n) is 11.9. The molecule has 5 nitrogen and oxygen atoms in total. The topological polar surface area (TPSA) is 79.3 Å². The van der Waals surface area contributed by atoms with Crippen LogP contribution in [0.15, 0.2) is 42.5 Å². The summed E-state index contributed by atoms with van der Waals surface area (Å²) in [6.07, 6.45) is -0.211. The maximum Gasteiger partial charge on any atom is 0.305 e. The minimum atomic E-state index is -0.993. The van der Waals surface area contributed by atoms with E-state index >= 15 is 0 Å². The van der Waals surface area contributed by atoms with Crippen LogP contribution in [-0.2, 0) is 4.79 Å². The molecule has 1 unspecified atom stereocenters. The molecule has 0 aliphatic heterocycles. The van der Waals surface area contributed by atoms with Gasteiger partial charge in [-0.3, -0.25) is 9.59 Å². The third-order valence-corrected chi connectivity index (χ3v) is 3.41. The van der Waals surface area contributed by atoms with Gasteiger partial charge in [-0.15, -0.1) is 0 Å². The highest BCUT2D eigenvalue weighted by Crippen LogP contribution is 2.21. The number of carbonyl (C=O) groups excluding carboxylic acids is 1. The van der Waals surface area contributed by atoms with Crippen molar-refractivity contribution in [2.24, 2.45) is 0 Å². The molecule has 6 heteroatoms. The van der Waals surface area contributed by atoms with Crippen LogP contribution in [0.25, 0.3) is 0 Å². The number of pyridine rings is 1. The maximum atomic E-state index is 12.2. The summed E-state index contributed by atoms with van der Waals surface area (Å²) in [6, 6.07) is 11.4. The fourth-order valence-electron chi connectivity index (χ4n) is 2.16. The van der Waals surface area contributed by atoms with E-state index in [2.05, 4.69) is 10.3 Å². The van der Waals surface area contributed by atoms with Crippen LogP contribution in [0.4, 0.5) is 0 Å². The van der Waals surface area contributed by atoms with Crippen molar-refractivity contribution in [3.8, 4) is 0 Å². The molecule has 1 aromatic carbocycles. The monoisotopic (exact) mass is 318 g/mol. The molecule has 0 saturated carbocycles. The molecule has 2 aromatic rings. The molecule has 1 amide bonds. The van der Waals surface area contributed by atoms with Crippen LogP contribution in [0.3, 0.4) is 0 Å². The Labute approximate surface area is 133 Å². The first-order chi connectivity index (χ1) is 10.5. The molecule has 0 bridgehead atoms. The van der Waals surface area contributed by atoms with Gasteiger partial charge in [0.05, 0.1) is 12.5 Å². The van der Waals surface area contributed by atoms with Gasteiger partial charge in [-0.1, -0.05) is 41.9 Å². The van der Waals surface area contributed by atoms with E-state index in [1.165, 1.54) is 6.07 Å². The Hall–Kier alpha value is -2.40. The SMILES string of the molecule is Cc1ccccc1C(CC(=O)O)NC(=O)c1cccc(Cl)n1. The summed E-state index contributed by atoms with van der Waals surface area (Å²) in [5.74, 6) is -1.45. The molecule has 0 aliphatic rings. The molecule has 0 fully saturated rings. The highest BCUT2D eigenvalue weighted by Gasteiger charge is 2.20. The number of aryl methyl sites for hydroxylation is 1. The van der Waals surface area contributed by atoms with Gasteiger partial charge in [-0.05, 0) is 30.2 Å². The molecule has 1 heterocycles. The number of halogens is 1. The Morgan fingerprint density at radius 2 is 1.95 bits per heavy atom. The Kier molecular flexibility index (Phi) is 5.12. The average Bonchev–Trinajstić information content (AvgIpc) is 2.46. The lowest BCUT2D eigenvalue weighted by molar-refractivity contribution is -0.137. The number of nitrogens with one attached hydrogen (secondary N) is 1. The molecule has 2 rings (SSSR count). The Morgan fingerprint density at radius 1 is 1.23 bits per heavy atom. The first kappa shape index (κ1) is 16.0. The number of rotatable bonds is 5. The highest BCUT2D eigenvalue weighted by molar-refractivity contribution is 6.29. The molecule has 2 N–H and O–H groups in total. The third-order valence-electron chi connectivity index (χ3n) is 3.20. The van der Waals surface area contributed by atoms with Crippen LogP contribution >= 0.6 is 11.6 Å². The summed E-state index contributed by atoms with van der Waals surface area (Å²) in [5.41, 5.74) is 1.82. The standard InChI is InChI=1S/C16H15ClN2O3/c1-10-5-2-3-6-11(10)13(9-15(20)21)19-16(22)12-7-4-8-14(17)18-12/h2-8,13H,9H2,1H3,(H,19,22)(H,20,21). The summed E-state index contributed by atoms with van der Waals surface area (Å²) in [6.45, 7) is 1.87. The molecule has 22 heavy (non-hydrogen) atoms. The first-order valence-electron chi connectivity index (χ1n) is 6.68. The van der Waals surface area contributed by atoms with Crippen LogP contribution in [-0.4, -0.2) is 22.0 Å². The van der Waals surface area contributed by atoms with E-state index in [9.17, 15) is 9.59 Å². The number of nitrogens with zero attached hydrogens (tertiary/aromatic N) is 1. The molecule has 0 radical (unpaired) electrons. The van der Waals surface area contributed by atoms with E-state index in [0.29, 0.717) is 0 Å². The van der Waals surface area contributed by atoms with Gasteiger partial charge in [-0.2, -0.15) is 0 Å². The van der Waals surface area contributed by atoms with Gasteiger partial charge in [0.2, 0.25) is 0 Å². The fourth-order valence-corrected chi connectivity index (χ4v) is 2.32. The number of aromatic nitrogens is 1. The van der Waals surface area contributed by atoms with E-state index in [1.54, 1.807) is 24.3 Å². The maximum absolute atomic E-state index is 12.2. The Balaban J connectivity index is 2.25. The number of hydrogen-bond donors (Lipinski definition) is 2. The molecule has 0 spiro atoms. The Bertz CT molecular complexity index is 703. The number of carbonyl (C=O) groups is 2. The lowest BCUT2D eigenvalue weighted by Gasteiger charge is -2.19. The van der Waals surface area contributed by atoms with Crippen LogP contribution in [0.1, 0.15) is 34.1 Å². The normalized spacial score (nSPS) is 11.7. The van der Waals surface area contributed by atoms with Gasteiger partial charge in [0.25, 0.3) is 5.91 Å². The lowest BCUT2D eigenvalue weighted by Crippen LogP contribution is -2.31. The molecular formula is C16H15ClN2O3. The number of carboxylic acids is 1. The third kappa shape index (κ3) is 4.05. The molecule has 0 saturated heterocycles. The van der Waals surface area contributed by atoms with Crippen LogP contribution < -0.4 is 5.32 Å². The van der Waals surface area contributed by atoms with Gasteiger partial charge < -0.3 is 10.4 Å². The van der Waals surface area contributed by atoms with Gasteiger partial charge in [0, 0.05) is 0 Å². The Morgan fingerprint density at radius 3 is 2.59 bits per heavy atom. The van der Waals surface area contributed by atoms with Crippen molar-refractivity contribution >= 4 is 23.5 Å². The number of aliphatic carboxylic acids is 1. The molecule has 1 atom stereocenters. The van der Waals surface area contributed by atoms with E-state index in [-0.39, 0.29) is 17.3 Å². The quantitative estimate of drug-likeness (QED) is 0.831. The van der Waals surface area contributed by atoms with E-state index in [0.717, 1.165) is 11.1 Å². The molecule has 0 aliphatic carbocycles. The second-order valence-corrected chi connectivity index (χ2v) is 5.21. The lowest BCUT2D eigenvalue weighted by atomic mass is 9.98. The molecular weight excluding hydrogens is 304 g/mol. The van der Waals surface area contributed by atoms with Crippen molar-refractivity contribution in [2.75, 3.05) is 0 Å². The highest BCUT2D eigenvalue weighted by atomic mass is 35.5. The predicted molar refractivity (Wildman–Crippen MR) is 82.9 cm³/mol. The zero-order chi connectivity index (χ0) is 16.1. The largest absolute Gasteiger partial charge is 0.481 e. The summed E-state index contributed by atoms with van der Waals surface area (Å²) in [5, 5.41) is 12.0. The van der Waals surface area contributed by atoms with Gasteiger partial charge in [0.15, 0.2) is 0 Å². The second-order valence-electron chi connectivity index (χ2n) is 4.83. The van der Waals surface area contributed by atoms with Crippen molar-refractivity contribution in [1.82, 2.24) is 10.3 Å². The number of amides is 1. The summed E-state index contributed by atoms with van der Waals surface area (Å²) in [4.78, 5) is 27.3. The van der Waals surface area contributed by atoms with Crippen molar-refractivity contribution < 1.29 is 14.7 Å². The minimum Gasteiger partial charge on any atom is -0.481 e. The number of benzene rings is 1. The summed E-state index contributed by atoms with van der Waals surface area (Å²) >= 11 is 5.77. The smallest absolute Gasteiger partial charge is 0.305 e. The summed E-state index contributed by atoms with van der Waals surface area (Å²) < 4.78 is 0. The molecule has 1 aromatic heterocycles. The average molecular weight is 319 g/mol. The fraction of sp³-hybridized carbons (Fsp3) is 0.188. The van der Waals surface area contributed by atoms with E-state index < -0.39 is 17.9 Å². The van der Waals surface area contributed by atoms with Crippen molar-refractivity contribution in [3.63, 3.8) is 0 Å². The van der Waals surface area contributed by atoms with E-state index in [1.807, 2.05) is 19.1 Å². The minimum absolute atomic E-state index is 0.150.